The Morgan fingerprint density at radius 2 is 2.04 bits per heavy atom. The fourth-order valence-corrected chi connectivity index (χ4v) is 3.37. The molecule has 0 radical (unpaired) electrons. The molecule has 146 valence electrons. The average Bonchev–Trinajstić information content (AvgIpc) is 3.14. The van der Waals surface area contributed by atoms with Crippen molar-refractivity contribution in [2.45, 2.75) is 6.92 Å². The Labute approximate surface area is 168 Å². The summed E-state index contributed by atoms with van der Waals surface area (Å²) in [7, 11) is 1.73. The number of thiazole rings is 1. The van der Waals surface area contributed by atoms with Crippen molar-refractivity contribution >= 4 is 28.2 Å². The summed E-state index contributed by atoms with van der Waals surface area (Å²) in [6.45, 7) is 3.02. The van der Waals surface area contributed by atoms with E-state index in [4.69, 9.17) is 4.74 Å². The Bertz CT molecular complexity index is 914. The van der Waals surface area contributed by atoms with Crippen LogP contribution in [0.1, 0.15) is 5.69 Å². The number of rotatable bonds is 9. The van der Waals surface area contributed by atoms with Crippen LogP contribution in [0.15, 0.2) is 48.7 Å². The van der Waals surface area contributed by atoms with Crippen molar-refractivity contribution in [2.75, 3.05) is 32.1 Å². The second kappa shape index (κ2) is 9.82. The second-order valence-corrected chi connectivity index (χ2v) is 7.11. The molecular weight excluding hydrogens is 374 g/mol. The first-order valence-electron chi connectivity index (χ1n) is 8.95. The van der Waals surface area contributed by atoms with Gasteiger partial charge in [0, 0.05) is 24.0 Å². The van der Waals surface area contributed by atoms with Crippen LogP contribution in [-0.4, -0.2) is 42.6 Å². The Morgan fingerprint density at radius 1 is 1.21 bits per heavy atom. The molecule has 0 bridgehead atoms. The highest BCUT2D eigenvalue weighted by Crippen LogP contribution is 2.30. The zero-order valence-corrected chi connectivity index (χ0v) is 16.7. The smallest absolute Gasteiger partial charge is 0.234 e. The molecule has 3 N–H and O–H groups in total. The number of benzene rings is 1. The zero-order valence-electron chi connectivity index (χ0n) is 15.9. The summed E-state index contributed by atoms with van der Waals surface area (Å²) in [5, 5.41) is 9.58. The Morgan fingerprint density at radius 3 is 2.82 bits per heavy atom. The third kappa shape index (κ3) is 5.77. The number of carbonyl (C=O) groups is 1. The highest BCUT2D eigenvalue weighted by atomic mass is 32.1. The number of anilines is 2. The predicted octanol–water partition coefficient (Wildman–Crippen LogP) is 2.97. The van der Waals surface area contributed by atoms with E-state index in [0.29, 0.717) is 31.3 Å². The van der Waals surface area contributed by atoms with Crippen molar-refractivity contribution in [1.29, 1.82) is 0 Å². The molecule has 3 aromatic rings. The molecule has 0 saturated carbocycles. The predicted molar refractivity (Wildman–Crippen MR) is 112 cm³/mol. The minimum atomic E-state index is -0.0580. The fraction of sp³-hybridized carbons (Fsp3) is 0.250. The molecule has 2 aromatic heterocycles. The zero-order chi connectivity index (χ0) is 19.8. The van der Waals surface area contributed by atoms with Crippen molar-refractivity contribution in [2.24, 2.45) is 0 Å². The molecular formula is C20H23N5O2S. The van der Waals surface area contributed by atoms with Crippen LogP contribution in [0.3, 0.4) is 0 Å². The maximum absolute atomic E-state index is 11.4. The second-order valence-electron chi connectivity index (χ2n) is 6.08. The Balaban J connectivity index is 1.59. The summed E-state index contributed by atoms with van der Waals surface area (Å²) in [6, 6.07) is 13.8. The van der Waals surface area contributed by atoms with Crippen LogP contribution < -0.4 is 20.7 Å². The number of hydrogen-bond acceptors (Lipinski definition) is 7. The van der Waals surface area contributed by atoms with Gasteiger partial charge in [-0.1, -0.05) is 41.7 Å². The molecule has 28 heavy (non-hydrogen) atoms. The van der Waals surface area contributed by atoms with Crippen molar-refractivity contribution < 1.29 is 9.53 Å². The quantitative estimate of drug-likeness (QED) is 0.481. The summed E-state index contributed by atoms with van der Waals surface area (Å²) in [4.78, 5) is 21.4. The minimum absolute atomic E-state index is 0.0580. The number of nitrogens with one attached hydrogen (secondary N) is 3. The maximum Gasteiger partial charge on any atom is 0.234 e. The van der Waals surface area contributed by atoms with Gasteiger partial charge in [-0.25, -0.2) is 9.97 Å². The molecule has 8 heteroatoms. The van der Waals surface area contributed by atoms with Crippen molar-refractivity contribution in [1.82, 2.24) is 20.6 Å². The van der Waals surface area contributed by atoms with Crippen LogP contribution in [0.4, 0.5) is 10.9 Å². The summed E-state index contributed by atoms with van der Waals surface area (Å²) < 4.78 is 5.74. The molecule has 0 spiro atoms. The van der Waals surface area contributed by atoms with Crippen LogP contribution in [0, 0.1) is 6.92 Å². The van der Waals surface area contributed by atoms with Gasteiger partial charge in [-0.2, -0.15) is 0 Å². The van der Waals surface area contributed by atoms with E-state index in [1.165, 1.54) is 0 Å². The van der Waals surface area contributed by atoms with Crippen LogP contribution >= 0.6 is 11.3 Å². The van der Waals surface area contributed by atoms with Crippen molar-refractivity contribution in [3.63, 3.8) is 0 Å². The average molecular weight is 398 g/mol. The molecule has 0 atom stereocenters. The summed E-state index contributed by atoms with van der Waals surface area (Å²) in [6.07, 6.45) is 1.85. The number of aromatic nitrogens is 2. The van der Waals surface area contributed by atoms with Gasteiger partial charge in [0.2, 0.25) is 5.91 Å². The van der Waals surface area contributed by atoms with Gasteiger partial charge in [0.15, 0.2) is 5.13 Å². The van der Waals surface area contributed by atoms with Crippen LogP contribution in [0.2, 0.25) is 0 Å². The number of hydrogen-bond donors (Lipinski definition) is 3. The first-order chi connectivity index (χ1) is 13.6. The third-order valence-electron chi connectivity index (χ3n) is 3.76. The molecule has 0 unspecified atom stereocenters. The van der Waals surface area contributed by atoms with E-state index < -0.39 is 0 Å². The van der Waals surface area contributed by atoms with Gasteiger partial charge in [0.05, 0.1) is 18.0 Å². The van der Waals surface area contributed by atoms with Crippen molar-refractivity contribution in [3.8, 4) is 16.2 Å². The van der Waals surface area contributed by atoms with Crippen molar-refractivity contribution in [3.05, 3.63) is 54.4 Å². The SMILES string of the molecule is CNCC(=O)NCCOc1cc(C)nc(Nc2ncc(-c3ccccc3)s2)c1. The monoisotopic (exact) mass is 397 g/mol. The fourth-order valence-electron chi connectivity index (χ4n) is 2.54. The Kier molecular flexibility index (Phi) is 6.94. The van der Waals surface area contributed by atoms with E-state index in [1.807, 2.05) is 43.5 Å². The topological polar surface area (TPSA) is 88.2 Å². The first kappa shape index (κ1) is 19.8. The maximum atomic E-state index is 11.4. The van der Waals surface area contributed by atoms with Gasteiger partial charge in [-0.3, -0.25) is 4.79 Å². The van der Waals surface area contributed by atoms with Gasteiger partial charge in [-0.05, 0) is 19.5 Å². The standard InChI is InChI=1S/C20H23N5O2S/c1-14-10-16(27-9-8-22-19(26)13-21-2)11-18(24-14)25-20-23-12-17(28-20)15-6-4-3-5-7-15/h3-7,10-12,21H,8-9,13H2,1-2H3,(H,22,26)(H,23,24,25). The van der Waals surface area contributed by atoms with Gasteiger partial charge in [0.1, 0.15) is 18.2 Å². The molecule has 0 aliphatic heterocycles. The van der Waals surface area contributed by atoms with E-state index >= 15 is 0 Å². The number of nitrogens with zero attached hydrogens (tertiary/aromatic N) is 2. The van der Waals surface area contributed by atoms with Gasteiger partial charge in [-0.15, -0.1) is 0 Å². The van der Waals surface area contributed by atoms with Crippen LogP contribution in [0.25, 0.3) is 10.4 Å². The molecule has 2 heterocycles. The normalized spacial score (nSPS) is 10.5. The van der Waals surface area contributed by atoms with E-state index in [-0.39, 0.29) is 5.91 Å². The van der Waals surface area contributed by atoms with Gasteiger partial charge >= 0.3 is 0 Å². The first-order valence-corrected chi connectivity index (χ1v) is 9.77. The third-order valence-corrected chi connectivity index (χ3v) is 4.72. The minimum Gasteiger partial charge on any atom is -0.492 e. The highest BCUT2D eigenvalue weighted by molar-refractivity contribution is 7.18. The lowest BCUT2D eigenvalue weighted by Gasteiger charge is -2.10. The molecule has 3 rings (SSSR count). The molecule has 1 aromatic carbocycles. The van der Waals surface area contributed by atoms with E-state index in [1.54, 1.807) is 18.4 Å². The number of likely N-dealkylation sites (N-methyl/N-ethyl adjacent to an activating group) is 1. The Hall–Kier alpha value is -2.97. The molecule has 0 fully saturated rings. The molecule has 0 aliphatic rings. The number of amides is 1. The van der Waals surface area contributed by atoms with Gasteiger partial charge < -0.3 is 20.7 Å². The van der Waals surface area contributed by atoms with E-state index in [0.717, 1.165) is 21.3 Å². The summed E-state index contributed by atoms with van der Waals surface area (Å²) in [5.41, 5.74) is 1.97. The lowest BCUT2D eigenvalue weighted by atomic mass is 10.2. The largest absolute Gasteiger partial charge is 0.492 e. The molecule has 7 nitrogen and oxygen atoms in total. The number of ether oxygens (including phenoxy) is 1. The van der Waals surface area contributed by atoms with E-state index in [9.17, 15) is 4.79 Å². The lowest BCUT2D eigenvalue weighted by molar-refractivity contribution is -0.120. The van der Waals surface area contributed by atoms with Crippen LogP contribution in [0.5, 0.6) is 5.75 Å². The molecule has 0 saturated heterocycles. The lowest BCUT2D eigenvalue weighted by Crippen LogP contribution is -2.34. The summed E-state index contributed by atoms with van der Waals surface area (Å²) in [5.74, 6) is 1.30. The molecule has 1 amide bonds. The van der Waals surface area contributed by atoms with E-state index in [2.05, 4.69) is 38.1 Å². The number of aryl methyl sites for hydroxylation is 1. The number of pyridine rings is 1. The van der Waals surface area contributed by atoms with Gasteiger partial charge in [0.25, 0.3) is 0 Å². The summed E-state index contributed by atoms with van der Waals surface area (Å²) >= 11 is 1.57. The highest BCUT2D eigenvalue weighted by Gasteiger charge is 2.07. The molecule has 0 aliphatic carbocycles. The number of carbonyl (C=O) groups excluding carboxylic acids is 1. The van der Waals surface area contributed by atoms with Crippen LogP contribution in [-0.2, 0) is 4.79 Å².